The third kappa shape index (κ3) is 3.54. The monoisotopic (exact) mass is 310 g/mol. The highest BCUT2D eigenvalue weighted by Gasteiger charge is 2.25. The van der Waals surface area contributed by atoms with Crippen LogP contribution in [0.15, 0.2) is 48.5 Å². The first-order valence-electron chi connectivity index (χ1n) is 7.89. The first-order chi connectivity index (χ1) is 11.2. The Morgan fingerprint density at radius 1 is 1.17 bits per heavy atom. The van der Waals surface area contributed by atoms with Gasteiger partial charge in [-0.3, -0.25) is 4.79 Å². The third-order valence-corrected chi connectivity index (χ3v) is 4.31. The van der Waals surface area contributed by atoms with Crippen LogP contribution in [0, 0.1) is 0 Å². The molecule has 0 bridgehead atoms. The van der Waals surface area contributed by atoms with Crippen molar-refractivity contribution in [3.63, 3.8) is 0 Å². The Bertz CT molecular complexity index is 682. The van der Waals surface area contributed by atoms with E-state index < -0.39 is 0 Å². The zero-order valence-electron chi connectivity index (χ0n) is 13.6. The summed E-state index contributed by atoms with van der Waals surface area (Å²) in [6.45, 7) is 1.64. The smallest absolute Gasteiger partial charge is 0.239 e. The highest BCUT2D eigenvalue weighted by molar-refractivity contribution is 5.82. The molecule has 0 aliphatic carbocycles. The van der Waals surface area contributed by atoms with Gasteiger partial charge in [-0.15, -0.1) is 0 Å². The highest BCUT2D eigenvalue weighted by Crippen LogP contribution is 2.24. The van der Waals surface area contributed by atoms with Crippen LogP contribution in [0.1, 0.15) is 5.56 Å². The summed E-state index contributed by atoms with van der Waals surface area (Å²) in [5.74, 6) is 1.03. The zero-order valence-corrected chi connectivity index (χ0v) is 13.6. The van der Waals surface area contributed by atoms with E-state index >= 15 is 0 Å². The number of methoxy groups -OCH3 is 1. The first-order valence-corrected chi connectivity index (χ1v) is 7.89. The first kappa shape index (κ1) is 15.6. The normalized spacial score (nSPS) is 18.1. The van der Waals surface area contributed by atoms with Crippen LogP contribution in [-0.2, 0) is 11.2 Å². The van der Waals surface area contributed by atoms with Crippen LogP contribution in [0.2, 0.25) is 0 Å². The molecule has 0 spiro atoms. The number of nitrogens with zero attached hydrogens (tertiary/aromatic N) is 1. The topological polar surface area (TPSA) is 41.6 Å². The molecule has 2 aromatic carbocycles. The van der Waals surface area contributed by atoms with Crippen molar-refractivity contribution >= 4 is 5.91 Å². The summed E-state index contributed by atoms with van der Waals surface area (Å²) in [5, 5.41) is 3.30. The fourth-order valence-electron chi connectivity index (χ4n) is 2.90. The Hall–Kier alpha value is -2.33. The second-order valence-corrected chi connectivity index (χ2v) is 5.90. The van der Waals surface area contributed by atoms with Gasteiger partial charge < -0.3 is 15.0 Å². The molecule has 4 nitrogen and oxygen atoms in total. The second-order valence-electron chi connectivity index (χ2n) is 5.90. The average molecular weight is 310 g/mol. The number of hydrogen-bond acceptors (Lipinski definition) is 3. The van der Waals surface area contributed by atoms with E-state index in [1.807, 2.05) is 25.2 Å². The number of nitrogens with one attached hydrogen (secondary N) is 1. The summed E-state index contributed by atoms with van der Waals surface area (Å²) in [6, 6.07) is 16.3. The molecule has 1 atom stereocenters. The lowest BCUT2D eigenvalue weighted by atomic mass is 9.99. The lowest BCUT2D eigenvalue weighted by Gasteiger charge is -2.30. The van der Waals surface area contributed by atoms with E-state index in [-0.39, 0.29) is 11.9 Å². The summed E-state index contributed by atoms with van der Waals surface area (Å²) >= 11 is 0. The fourth-order valence-corrected chi connectivity index (χ4v) is 2.90. The number of benzene rings is 2. The molecule has 3 rings (SSSR count). The maximum absolute atomic E-state index is 12.1. The lowest BCUT2D eigenvalue weighted by Crippen LogP contribution is -2.54. The summed E-state index contributed by atoms with van der Waals surface area (Å²) in [6.07, 6.45) is 0.724. The number of piperazine rings is 1. The van der Waals surface area contributed by atoms with Crippen molar-refractivity contribution in [2.24, 2.45) is 0 Å². The summed E-state index contributed by atoms with van der Waals surface area (Å²) in [5.41, 5.74) is 3.44. The molecule has 1 N–H and O–H groups in total. The number of amides is 1. The Labute approximate surface area is 137 Å². The van der Waals surface area contributed by atoms with Gasteiger partial charge in [-0.25, -0.2) is 0 Å². The number of carbonyl (C=O) groups excluding carboxylic acids is 1. The largest absolute Gasteiger partial charge is 0.497 e. The number of carbonyl (C=O) groups is 1. The molecule has 1 saturated heterocycles. The summed E-state index contributed by atoms with van der Waals surface area (Å²) < 4.78 is 5.27. The van der Waals surface area contributed by atoms with Crippen LogP contribution in [0.5, 0.6) is 5.75 Å². The molecule has 0 unspecified atom stereocenters. The molecule has 1 aliphatic rings. The van der Waals surface area contributed by atoms with Crippen molar-refractivity contribution in [2.75, 3.05) is 27.2 Å². The van der Waals surface area contributed by atoms with Crippen molar-refractivity contribution in [1.82, 2.24) is 10.2 Å². The van der Waals surface area contributed by atoms with Gasteiger partial charge in [0.15, 0.2) is 0 Å². The fraction of sp³-hybridized carbons (Fsp3) is 0.316. The molecular weight excluding hydrogens is 288 g/mol. The maximum Gasteiger partial charge on any atom is 0.239 e. The molecule has 4 heteroatoms. The Balaban J connectivity index is 1.73. The van der Waals surface area contributed by atoms with E-state index in [1.165, 1.54) is 0 Å². The molecule has 1 fully saturated rings. The van der Waals surface area contributed by atoms with Gasteiger partial charge in [0.2, 0.25) is 5.91 Å². The molecule has 1 aliphatic heterocycles. The van der Waals surface area contributed by atoms with E-state index in [4.69, 9.17) is 4.74 Å². The SMILES string of the molecule is COc1cccc(-c2ccc(C[C@@H]3NCCN(C)C3=O)cc2)c1. The van der Waals surface area contributed by atoms with Crippen LogP contribution in [0.4, 0.5) is 0 Å². The van der Waals surface area contributed by atoms with Crippen LogP contribution < -0.4 is 10.1 Å². The van der Waals surface area contributed by atoms with Crippen LogP contribution in [0.3, 0.4) is 0 Å². The molecule has 0 saturated carbocycles. The maximum atomic E-state index is 12.1. The van der Waals surface area contributed by atoms with Gasteiger partial charge in [-0.1, -0.05) is 36.4 Å². The van der Waals surface area contributed by atoms with Crippen molar-refractivity contribution < 1.29 is 9.53 Å². The predicted octanol–water partition coefficient (Wildman–Crippen LogP) is 2.33. The minimum Gasteiger partial charge on any atom is -0.497 e. The highest BCUT2D eigenvalue weighted by atomic mass is 16.5. The summed E-state index contributed by atoms with van der Waals surface area (Å²) in [4.78, 5) is 13.9. The van der Waals surface area contributed by atoms with Crippen molar-refractivity contribution in [3.05, 3.63) is 54.1 Å². The van der Waals surface area contributed by atoms with Crippen LogP contribution in [-0.4, -0.2) is 44.1 Å². The van der Waals surface area contributed by atoms with Crippen LogP contribution in [0.25, 0.3) is 11.1 Å². The second kappa shape index (κ2) is 6.84. The Morgan fingerprint density at radius 3 is 2.70 bits per heavy atom. The van der Waals surface area contributed by atoms with Gasteiger partial charge in [-0.05, 0) is 35.2 Å². The van der Waals surface area contributed by atoms with E-state index in [2.05, 4.69) is 35.6 Å². The zero-order chi connectivity index (χ0) is 16.2. The predicted molar refractivity (Wildman–Crippen MR) is 91.6 cm³/mol. The number of likely N-dealkylation sites (N-methyl/N-ethyl adjacent to an activating group) is 1. The van der Waals surface area contributed by atoms with Crippen molar-refractivity contribution in [1.29, 1.82) is 0 Å². The van der Waals surface area contributed by atoms with E-state index in [0.29, 0.717) is 0 Å². The molecule has 2 aromatic rings. The molecule has 0 radical (unpaired) electrons. The molecule has 0 aromatic heterocycles. The van der Waals surface area contributed by atoms with Gasteiger partial charge >= 0.3 is 0 Å². The minimum atomic E-state index is -0.114. The Morgan fingerprint density at radius 2 is 1.96 bits per heavy atom. The number of ether oxygens (including phenoxy) is 1. The quantitative estimate of drug-likeness (QED) is 0.942. The van der Waals surface area contributed by atoms with Gasteiger partial charge in [0.25, 0.3) is 0 Å². The Kier molecular flexibility index (Phi) is 4.63. The lowest BCUT2D eigenvalue weighted by molar-refractivity contribution is -0.134. The van der Waals surface area contributed by atoms with E-state index in [1.54, 1.807) is 12.0 Å². The average Bonchev–Trinajstić information content (AvgIpc) is 2.60. The van der Waals surface area contributed by atoms with Gasteiger partial charge in [0.05, 0.1) is 13.2 Å². The van der Waals surface area contributed by atoms with E-state index in [0.717, 1.165) is 42.0 Å². The van der Waals surface area contributed by atoms with Gasteiger partial charge in [0.1, 0.15) is 5.75 Å². The van der Waals surface area contributed by atoms with Crippen molar-refractivity contribution in [3.8, 4) is 16.9 Å². The number of hydrogen-bond donors (Lipinski definition) is 1. The van der Waals surface area contributed by atoms with Gasteiger partial charge in [-0.2, -0.15) is 0 Å². The van der Waals surface area contributed by atoms with Gasteiger partial charge in [0, 0.05) is 20.1 Å². The summed E-state index contributed by atoms with van der Waals surface area (Å²) in [7, 11) is 3.54. The van der Waals surface area contributed by atoms with Crippen molar-refractivity contribution in [2.45, 2.75) is 12.5 Å². The van der Waals surface area contributed by atoms with E-state index in [9.17, 15) is 4.79 Å². The van der Waals surface area contributed by atoms with Crippen LogP contribution >= 0.6 is 0 Å². The molecule has 1 heterocycles. The number of rotatable bonds is 4. The third-order valence-electron chi connectivity index (χ3n) is 4.31. The standard InChI is InChI=1S/C19H22N2O2/c1-21-11-10-20-18(19(21)22)12-14-6-8-15(9-7-14)16-4-3-5-17(13-16)23-2/h3-9,13,18,20H,10-12H2,1-2H3/t18-/m0/s1. The minimum absolute atomic E-state index is 0.114. The molecule has 120 valence electrons. The molecule has 1 amide bonds. The molecule has 23 heavy (non-hydrogen) atoms. The molecular formula is C19H22N2O2.